The van der Waals surface area contributed by atoms with E-state index in [1.807, 2.05) is 53.1 Å². The van der Waals surface area contributed by atoms with Crippen LogP contribution in [0.4, 0.5) is 11.4 Å². The van der Waals surface area contributed by atoms with Crippen molar-refractivity contribution in [3.05, 3.63) is 54.6 Å². The number of hydrogen-bond donors (Lipinski definition) is 1. The molecule has 1 N–H and O–H groups in total. The summed E-state index contributed by atoms with van der Waals surface area (Å²) in [5.41, 5.74) is 2.94. The molecule has 1 saturated heterocycles. The highest BCUT2D eigenvalue weighted by Gasteiger charge is 2.18. The Balaban J connectivity index is 1.45. The topological polar surface area (TPSA) is 72.3 Å². The minimum Gasteiger partial charge on any atom is -0.383 e. The van der Waals surface area contributed by atoms with E-state index in [1.165, 1.54) is 24.6 Å². The molecule has 1 fully saturated rings. The van der Waals surface area contributed by atoms with Gasteiger partial charge in [0, 0.05) is 25.8 Å². The maximum atomic E-state index is 12.7. The van der Waals surface area contributed by atoms with E-state index in [2.05, 4.69) is 26.5 Å². The Morgan fingerprint density at radius 2 is 1.81 bits per heavy atom. The average molecular weight is 438 g/mol. The molecule has 0 aliphatic carbocycles. The maximum Gasteiger partial charge on any atom is 0.234 e. The Bertz CT molecular complexity index is 1000. The van der Waals surface area contributed by atoms with Crippen LogP contribution >= 0.6 is 11.8 Å². The van der Waals surface area contributed by atoms with Crippen LogP contribution in [-0.4, -0.2) is 53.2 Å². The van der Waals surface area contributed by atoms with E-state index in [0.29, 0.717) is 18.3 Å². The lowest BCUT2D eigenvalue weighted by Crippen LogP contribution is -2.21. The summed E-state index contributed by atoms with van der Waals surface area (Å²) in [5, 5.41) is 12.5. The highest BCUT2D eigenvalue weighted by Crippen LogP contribution is 2.29. The van der Waals surface area contributed by atoms with Crippen LogP contribution in [0.2, 0.25) is 0 Å². The number of carbonyl (C=O) groups excluding carboxylic acids is 1. The van der Waals surface area contributed by atoms with Gasteiger partial charge in [-0.15, -0.1) is 10.2 Å². The molecule has 8 heteroatoms. The molecule has 162 valence electrons. The molecule has 0 saturated carbocycles. The van der Waals surface area contributed by atoms with Gasteiger partial charge >= 0.3 is 0 Å². The number of hydrogen-bond acceptors (Lipinski definition) is 6. The van der Waals surface area contributed by atoms with Crippen molar-refractivity contribution in [2.75, 3.05) is 42.8 Å². The number of rotatable bonds is 9. The molecule has 2 heterocycles. The van der Waals surface area contributed by atoms with Gasteiger partial charge in [0.1, 0.15) is 0 Å². The highest BCUT2D eigenvalue weighted by atomic mass is 32.2. The summed E-state index contributed by atoms with van der Waals surface area (Å²) in [4.78, 5) is 15.1. The average Bonchev–Trinajstić information content (AvgIpc) is 3.47. The van der Waals surface area contributed by atoms with Crippen LogP contribution in [0.15, 0.2) is 59.8 Å². The third-order valence-electron chi connectivity index (χ3n) is 5.23. The Morgan fingerprint density at radius 1 is 1.06 bits per heavy atom. The first-order valence-electron chi connectivity index (χ1n) is 10.5. The smallest absolute Gasteiger partial charge is 0.234 e. The normalized spacial score (nSPS) is 13.5. The third kappa shape index (κ3) is 5.26. The summed E-state index contributed by atoms with van der Waals surface area (Å²) in [6, 6.07) is 17.9. The number of para-hydroxylation sites is 2. The van der Waals surface area contributed by atoms with Gasteiger partial charge in [-0.05, 0) is 25.0 Å². The lowest BCUT2D eigenvalue weighted by molar-refractivity contribution is -0.113. The number of nitrogens with one attached hydrogen (secondary N) is 1. The molecule has 3 aromatic rings. The van der Waals surface area contributed by atoms with Crippen LogP contribution in [-0.2, 0) is 16.1 Å². The van der Waals surface area contributed by atoms with Gasteiger partial charge in [0.25, 0.3) is 0 Å². The molecule has 31 heavy (non-hydrogen) atoms. The van der Waals surface area contributed by atoms with Gasteiger partial charge in [0.05, 0.1) is 30.3 Å². The van der Waals surface area contributed by atoms with Crippen molar-refractivity contribution < 1.29 is 9.53 Å². The zero-order valence-corrected chi connectivity index (χ0v) is 18.5. The Morgan fingerprint density at radius 3 is 2.58 bits per heavy atom. The number of ether oxygens (including phenoxy) is 1. The number of anilines is 2. The predicted molar refractivity (Wildman–Crippen MR) is 125 cm³/mol. The van der Waals surface area contributed by atoms with E-state index >= 15 is 0 Å². The summed E-state index contributed by atoms with van der Waals surface area (Å²) < 4.78 is 7.27. The molecule has 1 aromatic heterocycles. The van der Waals surface area contributed by atoms with Crippen molar-refractivity contribution in [1.29, 1.82) is 0 Å². The van der Waals surface area contributed by atoms with Crippen LogP contribution in [0.5, 0.6) is 0 Å². The molecule has 7 nitrogen and oxygen atoms in total. The first-order valence-corrected chi connectivity index (χ1v) is 11.5. The van der Waals surface area contributed by atoms with E-state index in [0.717, 1.165) is 35.9 Å². The first kappa shape index (κ1) is 21.4. The second-order valence-corrected chi connectivity index (χ2v) is 8.31. The number of carbonyl (C=O) groups is 1. The molecular formula is C23H27N5O2S. The fourth-order valence-electron chi connectivity index (χ4n) is 3.71. The van der Waals surface area contributed by atoms with Crippen molar-refractivity contribution in [3.63, 3.8) is 0 Å². The van der Waals surface area contributed by atoms with Gasteiger partial charge in [-0.3, -0.25) is 9.36 Å². The second kappa shape index (κ2) is 10.5. The molecule has 4 rings (SSSR count). The Labute approximate surface area is 186 Å². The van der Waals surface area contributed by atoms with Crippen molar-refractivity contribution in [2.45, 2.75) is 24.5 Å². The van der Waals surface area contributed by atoms with Crippen LogP contribution in [0.3, 0.4) is 0 Å². The number of benzene rings is 2. The minimum absolute atomic E-state index is 0.0563. The van der Waals surface area contributed by atoms with Crippen molar-refractivity contribution >= 4 is 29.0 Å². The molecule has 1 aliphatic heterocycles. The van der Waals surface area contributed by atoms with E-state index in [4.69, 9.17) is 4.74 Å². The summed E-state index contributed by atoms with van der Waals surface area (Å²) in [6.45, 7) is 3.23. The molecular weight excluding hydrogens is 410 g/mol. The van der Waals surface area contributed by atoms with Crippen LogP contribution < -0.4 is 10.2 Å². The van der Waals surface area contributed by atoms with Crippen LogP contribution in [0.25, 0.3) is 11.4 Å². The zero-order chi connectivity index (χ0) is 21.5. The molecule has 0 radical (unpaired) electrons. The fraction of sp³-hybridized carbons (Fsp3) is 0.348. The van der Waals surface area contributed by atoms with E-state index in [1.54, 1.807) is 7.11 Å². The quantitative estimate of drug-likeness (QED) is 0.512. The first-order chi connectivity index (χ1) is 15.3. The highest BCUT2D eigenvalue weighted by molar-refractivity contribution is 7.99. The third-order valence-corrected chi connectivity index (χ3v) is 6.19. The molecule has 2 aromatic carbocycles. The molecule has 1 amide bonds. The molecule has 0 spiro atoms. The molecule has 0 unspecified atom stereocenters. The van der Waals surface area contributed by atoms with Gasteiger partial charge in [-0.1, -0.05) is 54.2 Å². The molecule has 1 aliphatic rings. The maximum absolute atomic E-state index is 12.7. The van der Waals surface area contributed by atoms with E-state index in [-0.39, 0.29) is 11.7 Å². The largest absolute Gasteiger partial charge is 0.383 e. The monoisotopic (exact) mass is 437 g/mol. The van der Waals surface area contributed by atoms with E-state index in [9.17, 15) is 4.79 Å². The SMILES string of the molecule is COCCn1c(SCC(=O)Nc2ccccc2N2CCCC2)nnc1-c1ccccc1. The van der Waals surface area contributed by atoms with Gasteiger partial charge in [-0.2, -0.15) is 0 Å². The lowest BCUT2D eigenvalue weighted by atomic mass is 10.2. The summed E-state index contributed by atoms with van der Waals surface area (Å²) >= 11 is 1.39. The number of thioether (sulfide) groups is 1. The van der Waals surface area contributed by atoms with E-state index < -0.39 is 0 Å². The number of methoxy groups -OCH3 is 1. The number of nitrogens with zero attached hydrogens (tertiary/aromatic N) is 4. The summed E-state index contributed by atoms with van der Waals surface area (Å²) in [5.74, 6) is 0.980. The fourth-order valence-corrected chi connectivity index (χ4v) is 4.47. The molecule has 0 bridgehead atoms. The Hall–Kier alpha value is -2.84. The van der Waals surface area contributed by atoms with Crippen molar-refractivity contribution in [1.82, 2.24) is 14.8 Å². The van der Waals surface area contributed by atoms with Crippen molar-refractivity contribution in [3.8, 4) is 11.4 Å². The van der Waals surface area contributed by atoms with Gasteiger partial charge in [0.2, 0.25) is 5.91 Å². The second-order valence-electron chi connectivity index (χ2n) is 7.36. The van der Waals surface area contributed by atoms with Crippen LogP contribution in [0.1, 0.15) is 12.8 Å². The number of aromatic nitrogens is 3. The van der Waals surface area contributed by atoms with Gasteiger partial charge in [0.15, 0.2) is 11.0 Å². The predicted octanol–water partition coefficient (Wildman–Crippen LogP) is 3.92. The zero-order valence-electron chi connectivity index (χ0n) is 17.7. The standard InChI is InChI=1S/C23H27N5O2S/c1-30-16-15-28-22(18-9-3-2-4-10-18)25-26-23(28)31-17-21(29)24-19-11-5-6-12-20(19)27-13-7-8-14-27/h2-6,9-12H,7-8,13-17H2,1H3,(H,24,29). The summed E-state index contributed by atoms with van der Waals surface area (Å²) in [6.07, 6.45) is 2.39. The minimum atomic E-state index is -0.0563. The summed E-state index contributed by atoms with van der Waals surface area (Å²) in [7, 11) is 1.67. The van der Waals surface area contributed by atoms with Gasteiger partial charge < -0.3 is 15.0 Å². The lowest BCUT2D eigenvalue weighted by Gasteiger charge is -2.21. The Kier molecular flexibility index (Phi) is 7.22. The van der Waals surface area contributed by atoms with Gasteiger partial charge in [-0.25, -0.2) is 0 Å². The van der Waals surface area contributed by atoms with Crippen molar-refractivity contribution in [2.24, 2.45) is 0 Å². The molecule has 0 atom stereocenters. The number of amides is 1. The van der Waals surface area contributed by atoms with Crippen LogP contribution in [0, 0.1) is 0 Å².